The number of alkyl halides is 2. The summed E-state index contributed by atoms with van der Waals surface area (Å²) in [7, 11) is 0. The van der Waals surface area contributed by atoms with Gasteiger partial charge in [0, 0.05) is 30.1 Å². The summed E-state index contributed by atoms with van der Waals surface area (Å²) >= 11 is 0. The van der Waals surface area contributed by atoms with E-state index in [0.29, 0.717) is 12.8 Å². The van der Waals surface area contributed by atoms with E-state index in [9.17, 15) is 8.78 Å². The molecular weight excluding hydrogens is 350 g/mol. The van der Waals surface area contributed by atoms with Gasteiger partial charge in [0.2, 0.25) is 5.95 Å². The Bertz CT molecular complexity index is 1140. The lowest BCUT2D eigenvalue weighted by molar-refractivity contribution is -0.00833. The highest BCUT2D eigenvalue weighted by Gasteiger charge is 2.46. The molecule has 6 nitrogen and oxygen atoms in total. The Morgan fingerprint density at radius 1 is 1.07 bits per heavy atom. The highest BCUT2D eigenvalue weighted by atomic mass is 19.3. The number of rotatable bonds is 5. The van der Waals surface area contributed by atoms with Crippen molar-refractivity contribution < 1.29 is 8.78 Å². The van der Waals surface area contributed by atoms with E-state index >= 15 is 0 Å². The van der Waals surface area contributed by atoms with E-state index < -0.39 is 18.4 Å². The van der Waals surface area contributed by atoms with Crippen molar-refractivity contribution in [2.75, 3.05) is 11.9 Å². The van der Waals surface area contributed by atoms with Gasteiger partial charge in [0.05, 0.1) is 29.3 Å². The van der Waals surface area contributed by atoms with E-state index in [1.807, 2.05) is 24.3 Å². The molecule has 136 valence electrons. The summed E-state index contributed by atoms with van der Waals surface area (Å²) < 4.78 is 29.3. The first-order chi connectivity index (χ1) is 13.1. The molecule has 0 unspecified atom stereocenters. The van der Waals surface area contributed by atoms with Gasteiger partial charge in [0.1, 0.15) is 0 Å². The molecule has 0 spiro atoms. The van der Waals surface area contributed by atoms with Crippen molar-refractivity contribution in [3.05, 3.63) is 49.1 Å². The first kappa shape index (κ1) is 16.0. The molecule has 3 aromatic heterocycles. The van der Waals surface area contributed by atoms with Gasteiger partial charge in [0.25, 0.3) is 5.92 Å². The Kier molecular flexibility index (Phi) is 3.53. The molecule has 1 fully saturated rings. The topological polar surface area (TPSA) is 68.0 Å². The maximum Gasteiger partial charge on any atom is 0.267 e. The van der Waals surface area contributed by atoms with Crippen LogP contribution in [0.2, 0.25) is 0 Å². The zero-order valence-electron chi connectivity index (χ0n) is 14.3. The van der Waals surface area contributed by atoms with Crippen LogP contribution in [0.3, 0.4) is 0 Å². The zero-order chi connectivity index (χ0) is 18.4. The quantitative estimate of drug-likeness (QED) is 0.582. The number of hydrogen-bond donors (Lipinski definition) is 1. The van der Waals surface area contributed by atoms with Crippen molar-refractivity contribution >= 4 is 22.5 Å². The van der Waals surface area contributed by atoms with Crippen LogP contribution < -0.4 is 5.32 Å². The molecule has 1 aliphatic carbocycles. The summed E-state index contributed by atoms with van der Waals surface area (Å²) in [6.07, 6.45) is 7.92. The molecule has 8 heteroatoms. The van der Waals surface area contributed by atoms with E-state index in [1.165, 1.54) is 0 Å². The SMILES string of the molecule is FC(F)(CNc1ncc2c(-c3ccc4nccnc4c3)ccn2n1)C1CC1. The molecule has 4 aromatic rings. The molecule has 0 aliphatic heterocycles. The van der Waals surface area contributed by atoms with Gasteiger partial charge in [-0.1, -0.05) is 6.07 Å². The molecule has 5 rings (SSSR count). The van der Waals surface area contributed by atoms with E-state index in [4.69, 9.17) is 0 Å². The van der Waals surface area contributed by atoms with Gasteiger partial charge < -0.3 is 5.32 Å². The lowest BCUT2D eigenvalue weighted by Crippen LogP contribution is -2.30. The third-order valence-electron chi connectivity index (χ3n) is 4.85. The molecule has 27 heavy (non-hydrogen) atoms. The lowest BCUT2D eigenvalue weighted by atomic mass is 10.1. The second-order valence-electron chi connectivity index (χ2n) is 6.79. The van der Waals surface area contributed by atoms with Crippen molar-refractivity contribution in [1.82, 2.24) is 24.6 Å². The number of fused-ring (bicyclic) bond motifs is 2. The minimum absolute atomic E-state index is 0.189. The van der Waals surface area contributed by atoms with Gasteiger partial charge in [-0.25, -0.2) is 18.3 Å². The molecule has 1 saturated carbocycles. The fourth-order valence-electron chi connectivity index (χ4n) is 3.20. The van der Waals surface area contributed by atoms with Gasteiger partial charge in [-0.2, -0.15) is 0 Å². The number of aromatic nitrogens is 5. The summed E-state index contributed by atoms with van der Waals surface area (Å²) in [5.74, 6) is -3.04. The Hall–Kier alpha value is -3.16. The fraction of sp³-hybridized carbons (Fsp3) is 0.263. The Morgan fingerprint density at radius 2 is 1.89 bits per heavy atom. The van der Waals surface area contributed by atoms with Crippen LogP contribution in [0.15, 0.2) is 49.1 Å². The van der Waals surface area contributed by atoms with Crippen LogP contribution in [0, 0.1) is 5.92 Å². The monoisotopic (exact) mass is 366 g/mol. The van der Waals surface area contributed by atoms with Gasteiger partial charge in [0.15, 0.2) is 0 Å². The number of nitrogens with one attached hydrogen (secondary N) is 1. The molecule has 0 amide bonds. The molecule has 3 heterocycles. The standard InChI is InChI=1S/C19H16F2N6/c20-19(21,13-2-3-13)11-25-18-24-10-17-14(5-8-27(17)26-18)12-1-4-15-16(9-12)23-7-6-22-15/h1,4-10,13H,2-3,11H2,(H,25,26). The molecule has 1 aliphatic rings. The van der Waals surface area contributed by atoms with Crippen LogP contribution in [-0.4, -0.2) is 37.0 Å². The number of nitrogens with zero attached hydrogens (tertiary/aromatic N) is 5. The molecule has 0 bridgehead atoms. The van der Waals surface area contributed by atoms with Crippen molar-refractivity contribution in [2.24, 2.45) is 5.92 Å². The summed E-state index contributed by atoms with van der Waals surface area (Å²) in [4.78, 5) is 12.8. The molecule has 1 aromatic carbocycles. The first-order valence-corrected chi connectivity index (χ1v) is 8.77. The van der Waals surface area contributed by atoms with Gasteiger partial charge in [-0.15, -0.1) is 5.10 Å². The van der Waals surface area contributed by atoms with E-state index in [1.54, 1.807) is 29.3 Å². The Balaban J connectivity index is 1.44. The lowest BCUT2D eigenvalue weighted by Gasteiger charge is -2.15. The summed E-state index contributed by atoms with van der Waals surface area (Å²) in [6.45, 7) is -0.444. The molecule has 0 atom stereocenters. The Morgan fingerprint density at radius 3 is 2.70 bits per heavy atom. The molecule has 1 N–H and O–H groups in total. The molecular formula is C19H16F2N6. The largest absolute Gasteiger partial charge is 0.347 e. The van der Waals surface area contributed by atoms with Crippen molar-refractivity contribution in [1.29, 1.82) is 0 Å². The summed E-state index contributed by atoms with van der Waals surface area (Å²) in [5, 5.41) is 6.96. The van der Waals surface area contributed by atoms with Gasteiger partial charge >= 0.3 is 0 Å². The Labute approximate surface area is 153 Å². The van der Waals surface area contributed by atoms with Crippen LogP contribution >= 0.6 is 0 Å². The van der Waals surface area contributed by atoms with Crippen molar-refractivity contribution in [3.63, 3.8) is 0 Å². The van der Waals surface area contributed by atoms with Crippen LogP contribution in [0.4, 0.5) is 14.7 Å². The molecule has 0 radical (unpaired) electrons. The first-order valence-electron chi connectivity index (χ1n) is 8.77. The minimum atomic E-state index is -2.72. The number of halogens is 2. The third kappa shape index (κ3) is 2.97. The second kappa shape index (κ2) is 5.94. The summed E-state index contributed by atoms with van der Waals surface area (Å²) in [5.41, 5.74) is 4.32. The third-order valence-corrected chi connectivity index (χ3v) is 4.85. The second-order valence-corrected chi connectivity index (χ2v) is 6.79. The fourth-order valence-corrected chi connectivity index (χ4v) is 3.20. The predicted octanol–water partition coefficient (Wildman–Crippen LogP) is 3.80. The predicted molar refractivity (Wildman–Crippen MR) is 97.7 cm³/mol. The van der Waals surface area contributed by atoms with Crippen molar-refractivity contribution in [2.45, 2.75) is 18.8 Å². The van der Waals surface area contributed by atoms with Crippen LogP contribution in [-0.2, 0) is 0 Å². The smallest absolute Gasteiger partial charge is 0.267 e. The average Bonchev–Trinajstić information content (AvgIpc) is 3.47. The number of hydrogen-bond acceptors (Lipinski definition) is 5. The highest BCUT2D eigenvalue weighted by molar-refractivity contribution is 5.86. The van der Waals surface area contributed by atoms with Crippen LogP contribution in [0.5, 0.6) is 0 Å². The van der Waals surface area contributed by atoms with Gasteiger partial charge in [-0.05, 0) is 36.6 Å². The number of benzene rings is 1. The zero-order valence-corrected chi connectivity index (χ0v) is 14.3. The highest BCUT2D eigenvalue weighted by Crippen LogP contribution is 2.43. The normalized spacial score (nSPS) is 14.7. The van der Waals surface area contributed by atoms with Gasteiger partial charge in [-0.3, -0.25) is 9.97 Å². The average molecular weight is 366 g/mol. The molecule has 0 saturated heterocycles. The maximum absolute atomic E-state index is 13.8. The van der Waals surface area contributed by atoms with Crippen molar-refractivity contribution in [3.8, 4) is 11.1 Å². The van der Waals surface area contributed by atoms with E-state index in [-0.39, 0.29) is 5.95 Å². The maximum atomic E-state index is 13.8. The van der Waals surface area contributed by atoms with E-state index in [2.05, 4.69) is 25.4 Å². The number of anilines is 1. The van der Waals surface area contributed by atoms with Crippen LogP contribution in [0.25, 0.3) is 27.7 Å². The van der Waals surface area contributed by atoms with Crippen LogP contribution in [0.1, 0.15) is 12.8 Å². The minimum Gasteiger partial charge on any atom is -0.347 e. The van der Waals surface area contributed by atoms with E-state index in [0.717, 1.165) is 27.7 Å². The summed E-state index contributed by atoms with van der Waals surface area (Å²) in [6, 6.07) is 7.76.